The number of thiophene rings is 1. The van der Waals surface area contributed by atoms with Crippen LogP contribution in [-0.2, 0) is 0 Å². The van der Waals surface area contributed by atoms with Gasteiger partial charge in [-0.1, -0.05) is 17.7 Å². The van der Waals surface area contributed by atoms with Crippen LogP contribution in [0.1, 0.15) is 20.1 Å². The molecule has 0 unspecified atom stereocenters. The molecule has 3 N–H and O–H groups in total. The molecule has 0 saturated heterocycles. The van der Waals surface area contributed by atoms with E-state index >= 15 is 0 Å². The van der Waals surface area contributed by atoms with Gasteiger partial charge in [-0.25, -0.2) is 0 Å². The lowest BCUT2D eigenvalue weighted by molar-refractivity contribution is 0.103. The molecule has 0 bridgehead atoms. The third kappa shape index (κ3) is 2.66. The quantitative estimate of drug-likeness (QED) is 0.878. The standard InChI is InChI=1S/C13H13ClN2OS/c1-7-3-4-9(14)5-11(7)16-13(17)12-6-10(15)8(2)18-12/h3-6H,15H2,1-2H3,(H,16,17). The Morgan fingerprint density at radius 3 is 2.67 bits per heavy atom. The Balaban J connectivity index is 2.23. The zero-order chi connectivity index (χ0) is 13.3. The topological polar surface area (TPSA) is 55.1 Å². The molecule has 0 fully saturated rings. The van der Waals surface area contributed by atoms with E-state index in [0.717, 1.165) is 16.1 Å². The Bertz CT molecular complexity index is 588. The fraction of sp³-hybridized carbons (Fsp3) is 0.154. The van der Waals surface area contributed by atoms with Crippen LogP contribution in [0.25, 0.3) is 0 Å². The van der Waals surface area contributed by atoms with E-state index in [1.54, 1.807) is 18.2 Å². The summed E-state index contributed by atoms with van der Waals surface area (Å²) < 4.78 is 0. The summed E-state index contributed by atoms with van der Waals surface area (Å²) in [6, 6.07) is 7.08. The number of amides is 1. The van der Waals surface area contributed by atoms with E-state index in [0.29, 0.717) is 15.6 Å². The first-order valence-corrected chi connectivity index (χ1v) is 6.60. The number of benzene rings is 1. The van der Waals surface area contributed by atoms with E-state index in [4.69, 9.17) is 17.3 Å². The SMILES string of the molecule is Cc1ccc(Cl)cc1NC(=O)c1cc(N)c(C)s1. The lowest BCUT2D eigenvalue weighted by Gasteiger charge is -2.07. The number of rotatable bonds is 2. The van der Waals surface area contributed by atoms with Crippen molar-refractivity contribution in [2.24, 2.45) is 0 Å². The second-order valence-electron chi connectivity index (χ2n) is 4.04. The lowest BCUT2D eigenvalue weighted by Crippen LogP contribution is -2.11. The maximum atomic E-state index is 12.0. The van der Waals surface area contributed by atoms with Crippen LogP contribution in [-0.4, -0.2) is 5.91 Å². The van der Waals surface area contributed by atoms with Crippen molar-refractivity contribution in [2.75, 3.05) is 11.1 Å². The minimum Gasteiger partial charge on any atom is -0.398 e. The monoisotopic (exact) mass is 280 g/mol. The van der Waals surface area contributed by atoms with Gasteiger partial charge in [-0.15, -0.1) is 11.3 Å². The van der Waals surface area contributed by atoms with Crippen LogP contribution >= 0.6 is 22.9 Å². The van der Waals surface area contributed by atoms with Gasteiger partial charge in [-0.3, -0.25) is 4.79 Å². The number of carbonyl (C=O) groups is 1. The van der Waals surface area contributed by atoms with Crippen molar-refractivity contribution in [3.8, 4) is 0 Å². The van der Waals surface area contributed by atoms with E-state index < -0.39 is 0 Å². The number of aryl methyl sites for hydroxylation is 2. The first-order valence-electron chi connectivity index (χ1n) is 5.41. The molecule has 5 heteroatoms. The summed E-state index contributed by atoms with van der Waals surface area (Å²) in [5.74, 6) is -0.162. The molecule has 2 rings (SSSR count). The molecule has 2 aromatic rings. The minimum absolute atomic E-state index is 0.162. The van der Waals surface area contributed by atoms with Gasteiger partial charge in [-0.05, 0) is 37.6 Å². The van der Waals surface area contributed by atoms with Gasteiger partial charge in [0.05, 0.1) is 4.88 Å². The summed E-state index contributed by atoms with van der Waals surface area (Å²) in [6.07, 6.45) is 0. The van der Waals surface area contributed by atoms with E-state index in [1.165, 1.54) is 11.3 Å². The number of nitrogens with two attached hydrogens (primary N) is 1. The highest BCUT2D eigenvalue weighted by atomic mass is 35.5. The Kier molecular flexibility index (Phi) is 3.59. The lowest BCUT2D eigenvalue weighted by atomic mass is 10.2. The molecule has 0 radical (unpaired) electrons. The molecule has 1 heterocycles. The fourth-order valence-corrected chi connectivity index (χ4v) is 2.53. The van der Waals surface area contributed by atoms with Crippen molar-refractivity contribution in [2.45, 2.75) is 13.8 Å². The maximum Gasteiger partial charge on any atom is 0.265 e. The number of hydrogen-bond donors (Lipinski definition) is 2. The smallest absolute Gasteiger partial charge is 0.265 e. The average Bonchev–Trinajstić information content (AvgIpc) is 2.64. The number of carbonyl (C=O) groups excluding carboxylic acids is 1. The Morgan fingerprint density at radius 2 is 2.06 bits per heavy atom. The predicted molar refractivity (Wildman–Crippen MR) is 77.6 cm³/mol. The van der Waals surface area contributed by atoms with E-state index in [-0.39, 0.29) is 5.91 Å². The summed E-state index contributed by atoms with van der Waals surface area (Å²) in [6.45, 7) is 3.81. The second-order valence-corrected chi connectivity index (χ2v) is 5.73. The van der Waals surface area contributed by atoms with Gasteiger partial charge in [0.2, 0.25) is 0 Å². The molecule has 0 aliphatic carbocycles. The number of anilines is 2. The molecule has 1 amide bonds. The Labute approximate surface area is 115 Å². The third-order valence-electron chi connectivity index (χ3n) is 2.63. The minimum atomic E-state index is -0.162. The highest BCUT2D eigenvalue weighted by molar-refractivity contribution is 7.14. The molecular formula is C13H13ClN2OS. The van der Waals surface area contributed by atoms with Crippen molar-refractivity contribution in [3.05, 3.63) is 44.6 Å². The predicted octanol–water partition coefficient (Wildman–Crippen LogP) is 3.85. The first kappa shape index (κ1) is 12.9. The zero-order valence-corrected chi connectivity index (χ0v) is 11.7. The number of halogens is 1. The molecule has 1 aromatic heterocycles. The molecule has 3 nitrogen and oxygen atoms in total. The van der Waals surface area contributed by atoms with Crippen molar-refractivity contribution in [1.29, 1.82) is 0 Å². The van der Waals surface area contributed by atoms with Gasteiger partial charge in [0.1, 0.15) is 0 Å². The Morgan fingerprint density at radius 1 is 1.33 bits per heavy atom. The molecule has 1 aromatic carbocycles. The Hall–Kier alpha value is -1.52. The van der Waals surface area contributed by atoms with Crippen LogP contribution in [0, 0.1) is 13.8 Å². The number of hydrogen-bond acceptors (Lipinski definition) is 3. The average molecular weight is 281 g/mol. The summed E-state index contributed by atoms with van der Waals surface area (Å²) in [4.78, 5) is 13.6. The third-order valence-corrected chi connectivity index (χ3v) is 3.93. The van der Waals surface area contributed by atoms with Crippen molar-refractivity contribution in [3.63, 3.8) is 0 Å². The van der Waals surface area contributed by atoms with Gasteiger partial charge >= 0.3 is 0 Å². The summed E-state index contributed by atoms with van der Waals surface area (Å²) in [7, 11) is 0. The molecule has 0 atom stereocenters. The van der Waals surface area contributed by atoms with E-state index in [2.05, 4.69) is 5.32 Å². The van der Waals surface area contributed by atoms with Crippen molar-refractivity contribution in [1.82, 2.24) is 0 Å². The summed E-state index contributed by atoms with van der Waals surface area (Å²) >= 11 is 7.29. The van der Waals surface area contributed by atoms with Gasteiger partial charge < -0.3 is 11.1 Å². The molecule has 0 saturated carbocycles. The highest BCUT2D eigenvalue weighted by Crippen LogP contribution is 2.26. The molecule has 0 aliphatic heterocycles. The molecule has 0 spiro atoms. The van der Waals surface area contributed by atoms with Gasteiger partial charge in [0.15, 0.2) is 0 Å². The highest BCUT2D eigenvalue weighted by Gasteiger charge is 2.12. The van der Waals surface area contributed by atoms with Crippen LogP contribution < -0.4 is 11.1 Å². The van der Waals surface area contributed by atoms with Crippen LogP contribution in [0.2, 0.25) is 5.02 Å². The van der Waals surface area contributed by atoms with Gasteiger partial charge in [-0.2, -0.15) is 0 Å². The van der Waals surface area contributed by atoms with E-state index in [1.807, 2.05) is 19.9 Å². The zero-order valence-electron chi connectivity index (χ0n) is 10.1. The van der Waals surface area contributed by atoms with Crippen LogP contribution in [0.5, 0.6) is 0 Å². The summed E-state index contributed by atoms with van der Waals surface area (Å²) in [5, 5.41) is 3.43. The number of nitrogen functional groups attached to an aromatic ring is 1. The van der Waals surface area contributed by atoms with Crippen LogP contribution in [0.15, 0.2) is 24.3 Å². The molecular weight excluding hydrogens is 268 g/mol. The maximum absolute atomic E-state index is 12.0. The van der Waals surface area contributed by atoms with Crippen molar-refractivity contribution < 1.29 is 4.79 Å². The molecule has 94 valence electrons. The first-order chi connectivity index (χ1) is 8.47. The van der Waals surface area contributed by atoms with Crippen LogP contribution in [0.3, 0.4) is 0 Å². The van der Waals surface area contributed by atoms with Gasteiger partial charge in [0, 0.05) is 21.3 Å². The molecule has 18 heavy (non-hydrogen) atoms. The molecule has 0 aliphatic rings. The van der Waals surface area contributed by atoms with Gasteiger partial charge in [0.25, 0.3) is 5.91 Å². The fourth-order valence-electron chi connectivity index (χ4n) is 1.52. The second kappa shape index (κ2) is 5.00. The normalized spacial score (nSPS) is 10.4. The number of nitrogens with one attached hydrogen (secondary N) is 1. The summed E-state index contributed by atoms with van der Waals surface area (Å²) in [5.41, 5.74) is 8.07. The van der Waals surface area contributed by atoms with Crippen molar-refractivity contribution >= 4 is 40.2 Å². The largest absolute Gasteiger partial charge is 0.398 e. The van der Waals surface area contributed by atoms with E-state index in [9.17, 15) is 4.79 Å². The van der Waals surface area contributed by atoms with Crippen LogP contribution in [0.4, 0.5) is 11.4 Å².